The van der Waals surface area contributed by atoms with Crippen molar-refractivity contribution in [3.05, 3.63) is 89.5 Å². The molecule has 0 radical (unpaired) electrons. The van der Waals surface area contributed by atoms with Gasteiger partial charge >= 0.3 is 0 Å². The van der Waals surface area contributed by atoms with Crippen LogP contribution in [0.5, 0.6) is 0 Å². The molecule has 1 aliphatic carbocycles. The Balaban J connectivity index is 1.80. The molecule has 0 bridgehead atoms. The average Bonchev–Trinajstić information content (AvgIpc) is 3.26. The number of hydrogen-bond acceptors (Lipinski definition) is 1. The molecule has 4 rings (SSSR count). The van der Waals surface area contributed by atoms with E-state index in [4.69, 9.17) is 0 Å². The van der Waals surface area contributed by atoms with E-state index in [9.17, 15) is 0 Å². The topological polar surface area (TPSA) is 12.0 Å². The van der Waals surface area contributed by atoms with Crippen LogP contribution in [0, 0.1) is 26.7 Å². The molecule has 1 atom stereocenters. The monoisotopic (exact) mass is 401 g/mol. The molecule has 29 heavy (non-hydrogen) atoms. The van der Waals surface area contributed by atoms with E-state index in [2.05, 4.69) is 98.9 Å². The maximum atomic E-state index is 4.11. The zero-order valence-electron chi connectivity index (χ0n) is 17.9. The molecule has 0 aliphatic heterocycles. The number of hydrogen-bond donors (Lipinski definition) is 1. The lowest BCUT2D eigenvalue weighted by Gasteiger charge is -2.35. The third-order valence-electron chi connectivity index (χ3n) is 6.16. The van der Waals surface area contributed by atoms with Crippen molar-refractivity contribution in [1.29, 1.82) is 0 Å². The van der Waals surface area contributed by atoms with Gasteiger partial charge in [0.25, 0.3) is 0 Å². The summed E-state index contributed by atoms with van der Waals surface area (Å²) in [5, 5.41) is 7.06. The lowest BCUT2D eigenvalue weighted by atomic mass is 10.0. The fraction of sp³-hybridized carbons (Fsp3) is 0.333. The number of aryl methyl sites for hydroxylation is 3. The first-order valence-corrected chi connectivity index (χ1v) is 12.3. The van der Waals surface area contributed by atoms with Crippen LogP contribution in [-0.4, -0.2) is 5.78 Å². The molecule has 150 valence electrons. The van der Waals surface area contributed by atoms with Crippen LogP contribution < -0.4 is 15.9 Å². The molecule has 0 heterocycles. The minimum atomic E-state index is -0.493. The summed E-state index contributed by atoms with van der Waals surface area (Å²) in [5.74, 6) is 1.18. The van der Waals surface area contributed by atoms with Gasteiger partial charge in [-0.1, -0.05) is 91.2 Å². The van der Waals surface area contributed by atoms with Crippen molar-refractivity contribution < 1.29 is 0 Å². The van der Waals surface area contributed by atoms with Crippen molar-refractivity contribution in [3.8, 4) is 0 Å². The van der Waals surface area contributed by atoms with Crippen molar-refractivity contribution in [1.82, 2.24) is 0 Å². The van der Waals surface area contributed by atoms with Crippen LogP contribution in [0.4, 0.5) is 5.69 Å². The highest BCUT2D eigenvalue weighted by Gasteiger charge is 2.33. The van der Waals surface area contributed by atoms with Gasteiger partial charge in [0.2, 0.25) is 0 Å². The summed E-state index contributed by atoms with van der Waals surface area (Å²) >= 11 is 0. The quantitative estimate of drug-likeness (QED) is 0.455. The van der Waals surface area contributed by atoms with E-state index >= 15 is 0 Å². The van der Waals surface area contributed by atoms with Crippen molar-refractivity contribution in [3.63, 3.8) is 0 Å². The highest BCUT2D eigenvalue weighted by molar-refractivity contribution is 7.73. The third kappa shape index (κ3) is 4.57. The molecule has 1 aliphatic rings. The molecule has 0 saturated heterocycles. The average molecular weight is 402 g/mol. The van der Waals surface area contributed by atoms with E-state index < -0.39 is 7.92 Å². The van der Waals surface area contributed by atoms with Crippen molar-refractivity contribution in [2.45, 2.75) is 52.2 Å². The van der Waals surface area contributed by atoms with Gasteiger partial charge < -0.3 is 5.32 Å². The molecule has 1 saturated carbocycles. The predicted octanol–water partition coefficient (Wildman–Crippen LogP) is 6.67. The van der Waals surface area contributed by atoms with E-state index in [1.165, 1.54) is 58.7 Å². The normalized spacial score (nSPS) is 15.6. The molecule has 3 aromatic carbocycles. The summed E-state index contributed by atoms with van der Waals surface area (Å²) in [6.45, 7) is 6.70. The van der Waals surface area contributed by atoms with Crippen molar-refractivity contribution in [2.75, 3.05) is 5.32 Å². The van der Waals surface area contributed by atoms with Gasteiger partial charge in [-0.2, -0.15) is 0 Å². The van der Waals surface area contributed by atoms with Gasteiger partial charge in [-0.3, -0.25) is 0 Å². The summed E-state index contributed by atoms with van der Waals surface area (Å²) in [6.07, 6.45) is 5.39. The first kappa shape index (κ1) is 20.2. The maximum Gasteiger partial charge on any atom is 0.0569 e. The standard InChI is InChI=1S/C27H32NP/c1-20-18-21(2)26(22(3)19-20)28-27(23-12-10-11-13-23)29(24-14-6-4-7-15-24)25-16-8-5-9-17-25/h4-9,14-19,23,27-28H,10-13H2,1-3H3. The molecule has 0 spiro atoms. The molecule has 0 amide bonds. The first-order valence-electron chi connectivity index (χ1n) is 10.9. The molecule has 1 N–H and O–H groups in total. The molecule has 1 nitrogen and oxygen atoms in total. The number of rotatable bonds is 6. The Labute approximate surface area is 177 Å². The second-order valence-electron chi connectivity index (χ2n) is 8.45. The van der Waals surface area contributed by atoms with Gasteiger partial charge in [0, 0.05) is 5.69 Å². The number of anilines is 1. The summed E-state index contributed by atoms with van der Waals surface area (Å²) in [6, 6.07) is 27.0. The van der Waals surface area contributed by atoms with Crippen LogP contribution in [-0.2, 0) is 0 Å². The second kappa shape index (κ2) is 9.14. The Morgan fingerprint density at radius 1 is 0.759 bits per heavy atom. The van der Waals surface area contributed by atoms with Gasteiger partial charge in [-0.05, 0) is 69.2 Å². The highest BCUT2D eigenvalue weighted by atomic mass is 31.1. The van der Waals surface area contributed by atoms with Crippen LogP contribution in [0.2, 0.25) is 0 Å². The van der Waals surface area contributed by atoms with E-state index in [1.54, 1.807) is 0 Å². The van der Waals surface area contributed by atoms with Crippen LogP contribution in [0.15, 0.2) is 72.8 Å². The molecular formula is C27H32NP. The Kier molecular flexibility index (Phi) is 6.36. The fourth-order valence-electron chi connectivity index (χ4n) is 4.87. The van der Waals surface area contributed by atoms with Crippen molar-refractivity contribution in [2.24, 2.45) is 5.92 Å². The number of nitrogens with one attached hydrogen (secondary N) is 1. The van der Waals surface area contributed by atoms with E-state index in [1.807, 2.05) is 0 Å². The zero-order chi connectivity index (χ0) is 20.2. The molecule has 3 aromatic rings. The summed E-state index contributed by atoms with van der Waals surface area (Å²) in [7, 11) is -0.493. The van der Waals surface area contributed by atoms with Gasteiger partial charge in [0.1, 0.15) is 0 Å². The Hall–Kier alpha value is -2.11. The van der Waals surface area contributed by atoms with Crippen LogP contribution in [0.3, 0.4) is 0 Å². The van der Waals surface area contributed by atoms with Crippen LogP contribution in [0.25, 0.3) is 0 Å². The van der Waals surface area contributed by atoms with Crippen LogP contribution >= 0.6 is 7.92 Å². The van der Waals surface area contributed by atoms with Gasteiger partial charge in [0.15, 0.2) is 0 Å². The Bertz CT molecular complexity index is 867. The Morgan fingerprint density at radius 3 is 1.72 bits per heavy atom. The predicted molar refractivity (Wildman–Crippen MR) is 129 cm³/mol. The van der Waals surface area contributed by atoms with Gasteiger partial charge in [-0.25, -0.2) is 0 Å². The van der Waals surface area contributed by atoms with E-state index in [0.29, 0.717) is 5.78 Å². The molecule has 1 fully saturated rings. The fourth-order valence-corrected chi connectivity index (χ4v) is 7.77. The third-order valence-corrected chi connectivity index (χ3v) is 8.98. The lowest BCUT2D eigenvalue weighted by Crippen LogP contribution is -2.33. The molecule has 0 aromatic heterocycles. The van der Waals surface area contributed by atoms with Gasteiger partial charge in [0.05, 0.1) is 5.78 Å². The minimum absolute atomic E-state index is 0.456. The minimum Gasteiger partial charge on any atom is -0.377 e. The second-order valence-corrected chi connectivity index (χ2v) is 10.8. The smallest absolute Gasteiger partial charge is 0.0569 e. The SMILES string of the molecule is Cc1cc(C)c(NC(C2CCCC2)P(c2ccccc2)c2ccccc2)c(C)c1. The summed E-state index contributed by atoms with van der Waals surface area (Å²) in [4.78, 5) is 0. The number of benzene rings is 3. The van der Waals surface area contributed by atoms with E-state index in [-0.39, 0.29) is 0 Å². The first-order chi connectivity index (χ1) is 14.1. The Morgan fingerprint density at radius 2 is 1.24 bits per heavy atom. The summed E-state index contributed by atoms with van der Waals surface area (Å²) < 4.78 is 0. The highest BCUT2D eigenvalue weighted by Crippen LogP contribution is 2.48. The van der Waals surface area contributed by atoms with Crippen molar-refractivity contribution >= 4 is 24.2 Å². The maximum absolute atomic E-state index is 4.11. The lowest BCUT2D eigenvalue weighted by molar-refractivity contribution is 0.547. The van der Waals surface area contributed by atoms with Gasteiger partial charge in [-0.15, -0.1) is 0 Å². The van der Waals surface area contributed by atoms with E-state index in [0.717, 1.165) is 5.92 Å². The largest absolute Gasteiger partial charge is 0.377 e. The zero-order valence-corrected chi connectivity index (χ0v) is 18.8. The van der Waals surface area contributed by atoms with Crippen LogP contribution in [0.1, 0.15) is 42.4 Å². The molecule has 1 unspecified atom stereocenters. The molecule has 2 heteroatoms. The molecular weight excluding hydrogens is 369 g/mol. The summed E-state index contributed by atoms with van der Waals surface area (Å²) in [5.41, 5.74) is 5.41.